The summed E-state index contributed by atoms with van der Waals surface area (Å²) in [6.07, 6.45) is 4.57. The lowest BCUT2D eigenvalue weighted by Crippen LogP contribution is -2.39. The molecule has 0 radical (unpaired) electrons. The number of thiocarbonyl (C=S) groups is 1. The van der Waals surface area contributed by atoms with Gasteiger partial charge in [0.15, 0.2) is 0 Å². The molecule has 112 valence electrons. The van der Waals surface area contributed by atoms with Gasteiger partial charge in [0.25, 0.3) is 0 Å². The molecule has 0 aromatic heterocycles. The predicted octanol–water partition coefficient (Wildman–Crippen LogP) is 1.81. The summed E-state index contributed by atoms with van der Waals surface area (Å²) in [4.78, 5) is 12.6. The van der Waals surface area contributed by atoms with Crippen molar-refractivity contribution in [1.29, 1.82) is 0 Å². The van der Waals surface area contributed by atoms with E-state index in [-0.39, 0.29) is 5.91 Å². The number of hydrogen-bond donors (Lipinski definition) is 3. The van der Waals surface area contributed by atoms with Crippen molar-refractivity contribution in [2.75, 3.05) is 32.7 Å². The fourth-order valence-corrected chi connectivity index (χ4v) is 2.15. The van der Waals surface area contributed by atoms with E-state index in [1.807, 2.05) is 0 Å². The highest BCUT2D eigenvalue weighted by Gasteiger charge is 2.09. The molecule has 0 aromatic carbocycles. The van der Waals surface area contributed by atoms with Gasteiger partial charge in [0.1, 0.15) is 4.32 Å². The van der Waals surface area contributed by atoms with Crippen molar-refractivity contribution in [2.24, 2.45) is 0 Å². The molecular formula is C13H27N3OS2. The topological polar surface area (TPSA) is 44.4 Å². The quantitative estimate of drug-likeness (QED) is 0.412. The number of carbonyl (C=O) groups is 1. The van der Waals surface area contributed by atoms with Gasteiger partial charge in [-0.15, -0.1) is 12.6 Å². The molecule has 1 fully saturated rings. The molecule has 1 saturated heterocycles. The Morgan fingerprint density at radius 2 is 1.68 bits per heavy atom. The average molecular weight is 306 g/mol. The summed E-state index contributed by atoms with van der Waals surface area (Å²) >= 11 is 8.83. The monoisotopic (exact) mass is 305 g/mol. The maximum absolute atomic E-state index is 11.0. The van der Waals surface area contributed by atoms with Crippen LogP contribution in [0.2, 0.25) is 0 Å². The Morgan fingerprint density at radius 3 is 2.00 bits per heavy atom. The zero-order valence-corrected chi connectivity index (χ0v) is 13.8. The number of amides is 1. The summed E-state index contributed by atoms with van der Waals surface area (Å²) in [5, 5.41) is 6.44. The summed E-state index contributed by atoms with van der Waals surface area (Å²) in [5.41, 5.74) is 0. The normalized spacial score (nSPS) is 14.3. The Morgan fingerprint density at radius 1 is 1.16 bits per heavy atom. The molecule has 6 heteroatoms. The molecule has 0 spiro atoms. The highest BCUT2D eigenvalue weighted by atomic mass is 32.1. The van der Waals surface area contributed by atoms with Crippen molar-refractivity contribution in [1.82, 2.24) is 15.5 Å². The molecule has 4 nitrogen and oxygen atoms in total. The predicted molar refractivity (Wildman–Crippen MR) is 88.9 cm³/mol. The number of thiol groups is 1. The smallest absolute Gasteiger partial charge is 0.224 e. The van der Waals surface area contributed by atoms with Crippen LogP contribution in [0.1, 0.15) is 39.5 Å². The lowest BCUT2D eigenvalue weighted by atomic mass is 10.2. The summed E-state index contributed by atoms with van der Waals surface area (Å²) in [6.45, 7) is 8.94. The third-order valence-corrected chi connectivity index (χ3v) is 3.27. The summed E-state index contributed by atoms with van der Waals surface area (Å²) in [7, 11) is 0. The molecule has 1 aliphatic heterocycles. The number of nitrogens with zero attached hydrogens (tertiary/aromatic N) is 1. The lowest BCUT2D eigenvalue weighted by molar-refractivity contribution is -0.124. The van der Waals surface area contributed by atoms with Crippen LogP contribution in [0.4, 0.5) is 0 Å². The number of nitrogens with one attached hydrogen (secondary N) is 2. The molecule has 0 bridgehead atoms. The third kappa shape index (κ3) is 11.4. The summed E-state index contributed by atoms with van der Waals surface area (Å²) in [6, 6.07) is 0. The molecule has 1 rings (SSSR count). The first-order valence-corrected chi connectivity index (χ1v) is 7.87. The lowest BCUT2D eigenvalue weighted by Gasteiger charge is -2.18. The Bertz CT molecular complexity index is 233. The average Bonchev–Trinajstić information content (AvgIpc) is 2.40. The molecule has 1 heterocycles. The van der Waals surface area contributed by atoms with E-state index in [9.17, 15) is 4.79 Å². The molecular weight excluding hydrogens is 278 g/mol. The molecule has 0 unspecified atom stereocenters. The fraction of sp³-hybridized carbons (Fsp3) is 0.846. The van der Waals surface area contributed by atoms with Crippen LogP contribution in [0.15, 0.2) is 0 Å². The first kappa shape index (κ1) is 18.8. The SMILES string of the molecule is C1CNCCN1.CCCCCCN(C(C)=O)C(=S)S. The second-order valence-corrected chi connectivity index (χ2v) is 5.63. The van der Waals surface area contributed by atoms with Gasteiger partial charge in [0, 0.05) is 39.6 Å². The summed E-state index contributed by atoms with van der Waals surface area (Å²) in [5.74, 6) is -0.0171. The van der Waals surface area contributed by atoms with Crippen LogP contribution < -0.4 is 10.6 Å². The third-order valence-electron chi connectivity index (χ3n) is 2.80. The first-order valence-electron chi connectivity index (χ1n) is 7.02. The number of unbranched alkanes of at least 4 members (excludes halogenated alkanes) is 3. The van der Waals surface area contributed by atoms with Crippen LogP contribution >= 0.6 is 24.8 Å². The van der Waals surface area contributed by atoms with Gasteiger partial charge in [-0.3, -0.25) is 9.69 Å². The zero-order chi connectivity index (χ0) is 14.5. The molecule has 1 aliphatic rings. The number of piperazine rings is 1. The standard InChI is InChI=1S/C9H17NOS2.C4H10N2/c1-3-4-5-6-7-10(8(2)11)9(12)13;1-2-6-4-3-5-1/h3-7H2,1-2H3,(H,12,13);5-6H,1-4H2. The molecule has 1 amide bonds. The van der Waals surface area contributed by atoms with E-state index in [2.05, 4.69) is 30.2 Å². The van der Waals surface area contributed by atoms with E-state index in [0.29, 0.717) is 10.9 Å². The minimum absolute atomic E-state index is 0.0171. The van der Waals surface area contributed by atoms with Gasteiger partial charge in [0.05, 0.1) is 0 Å². The molecule has 0 aliphatic carbocycles. The van der Waals surface area contributed by atoms with Crippen molar-refractivity contribution in [3.05, 3.63) is 0 Å². The van der Waals surface area contributed by atoms with Crippen molar-refractivity contribution >= 4 is 35.1 Å². The van der Waals surface area contributed by atoms with Crippen LogP contribution in [-0.2, 0) is 4.79 Å². The van der Waals surface area contributed by atoms with E-state index in [4.69, 9.17) is 12.2 Å². The van der Waals surface area contributed by atoms with E-state index >= 15 is 0 Å². The van der Waals surface area contributed by atoms with E-state index in [0.717, 1.165) is 39.0 Å². The van der Waals surface area contributed by atoms with Crippen LogP contribution in [0.25, 0.3) is 0 Å². The molecule has 0 atom stereocenters. The zero-order valence-electron chi connectivity index (χ0n) is 12.1. The maximum Gasteiger partial charge on any atom is 0.224 e. The highest BCUT2D eigenvalue weighted by Crippen LogP contribution is 2.04. The van der Waals surface area contributed by atoms with Gasteiger partial charge in [-0.25, -0.2) is 0 Å². The van der Waals surface area contributed by atoms with Gasteiger partial charge < -0.3 is 10.6 Å². The Labute approximate surface area is 128 Å². The molecule has 2 N–H and O–H groups in total. The molecule has 0 saturated carbocycles. The minimum Gasteiger partial charge on any atom is -0.314 e. The Kier molecular flexibility index (Phi) is 12.7. The second kappa shape index (κ2) is 12.8. The highest BCUT2D eigenvalue weighted by molar-refractivity contribution is 8.11. The van der Waals surface area contributed by atoms with E-state index in [1.54, 1.807) is 0 Å². The van der Waals surface area contributed by atoms with Gasteiger partial charge >= 0.3 is 0 Å². The Balaban J connectivity index is 0.000000443. The van der Waals surface area contributed by atoms with Crippen molar-refractivity contribution in [2.45, 2.75) is 39.5 Å². The van der Waals surface area contributed by atoms with Gasteiger partial charge in [-0.1, -0.05) is 38.4 Å². The number of carbonyl (C=O) groups excluding carboxylic acids is 1. The van der Waals surface area contributed by atoms with Gasteiger partial charge in [-0.05, 0) is 6.42 Å². The van der Waals surface area contributed by atoms with Gasteiger partial charge in [-0.2, -0.15) is 0 Å². The Hall–Kier alpha value is -0.170. The first-order chi connectivity index (χ1) is 9.09. The van der Waals surface area contributed by atoms with E-state index < -0.39 is 0 Å². The van der Waals surface area contributed by atoms with E-state index in [1.165, 1.54) is 24.7 Å². The minimum atomic E-state index is -0.0171. The molecule has 0 aromatic rings. The van der Waals surface area contributed by atoms with Crippen LogP contribution in [-0.4, -0.2) is 47.9 Å². The van der Waals surface area contributed by atoms with Crippen molar-refractivity contribution < 1.29 is 4.79 Å². The van der Waals surface area contributed by atoms with Crippen LogP contribution in [0, 0.1) is 0 Å². The maximum atomic E-state index is 11.0. The van der Waals surface area contributed by atoms with Crippen LogP contribution in [0.5, 0.6) is 0 Å². The van der Waals surface area contributed by atoms with Crippen molar-refractivity contribution in [3.8, 4) is 0 Å². The number of rotatable bonds is 5. The summed E-state index contributed by atoms with van der Waals surface area (Å²) < 4.78 is 0.379. The molecule has 19 heavy (non-hydrogen) atoms. The van der Waals surface area contributed by atoms with Crippen molar-refractivity contribution in [3.63, 3.8) is 0 Å². The second-order valence-electron chi connectivity index (χ2n) is 4.51. The number of hydrogen-bond acceptors (Lipinski definition) is 4. The van der Waals surface area contributed by atoms with Gasteiger partial charge in [0.2, 0.25) is 5.91 Å². The fourth-order valence-electron chi connectivity index (χ4n) is 1.69. The van der Waals surface area contributed by atoms with Crippen LogP contribution in [0.3, 0.4) is 0 Å². The largest absolute Gasteiger partial charge is 0.314 e.